The molecule has 0 atom stereocenters. The van der Waals surface area contributed by atoms with E-state index in [1.807, 2.05) is 31.2 Å². The van der Waals surface area contributed by atoms with E-state index in [0.29, 0.717) is 13.2 Å². The molecule has 1 saturated heterocycles. The summed E-state index contributed by atoms with van der Waals surface area (Å²) in [4.78, 5) is 2.37. The third kappa shape index (κ3) is 4.87. The Morgan fingerprint density at radius 2 is 1.80 bits per heavy atom. The molecule has 0 spiro atoms. The Balaban J connectivity index is 1.72. The van der Waals surface area contributed by atoms with Crippen LogP contribution >= 0.6 is 0 Å². The lowest BCUT2D eigenvalue weighted by Crippen LogP contribution is -2.36. The van der Waals surface area contributed by atoms with E-state index in [0.717, 1.165) is 44.3 Å². The molecule has 2 rings (SSSR count). The summed E-state index contributed by atoms with van der Waals surface area (Å²) < 4.78 is 16.6. The van der Waals surface area contributed by atoms with Gasteiger partial charge in [-0.3, -0.25) is 4.90 Å². The van der Waals surface area contributed by atoms with Crippen LogP contribution in [-0.4, -0.2) is 51.0 Å². The van der Waals surface area contributed by atoms with Crippen molar-refractivity contribution in [2.75, 3.05) is 46.1 Å². The van der Waals surface area contributed by atoms with Gasteiger partial charge in [0.05, 0.1) is 19.8 Å². The molecule has 0 amide bonds. The summed E-state index contributed by atoms with van der Waals surface area (Å²) >= 11 is 0. The van der Waals surface area contributed by atoms with E-state index in [1.165, 1.54) is 0 Å². The fourth-order valence-electron chi connectivity index (χ4n) is 2.06. The molecule has 1 aromatic rings. The minimum absolute atomic E-state index is 0.564. The van der Waals surface area contributed by atoms with Gasteiger partial charge in [0.1, 0.15) is 6.61 Å². The van der Waals surface area contributed by atoms with Crippen LogP contribution in [0.1, 0.15) is 6.92 Å². The van der Waals surface area contributed by atoms with E-state index in [4.69, 9.17) is 14.2 Å². The van der Waals surface area contributed by atoms with Gasteiger partial charge >= 0.3 is 0 Å². The van der Waals surface area contributed by atoms with Crippen molar-refractivity contribution < 1.29 is 14.2 Å². The van der Waals surface area contributed by atoms with Crippen LogP contribution in [0.15, 0.2) is 36.4 Å². The van der Waals surface area contributed by atoms with Crippen LogP contribution in [-0.2, 0) is 4.74 Å². The average molecular weight is 277 g/mol. The number of nitrogens with zero attached hydrogens (tertiary/aromatic N) is 1. The minimum atomic E-state index is 0.564. The van der Waals surface area contributed by atoms with Crippen LogP contribution < -0.4 is 9.47 Å². The van der Waals surface area contributed by atoms with Crippen molar-refractivity contribution in [2.45, 2.75) is 6.92 Å². The lowest BCUT2D eigenvalue weighted by molar-refractivity contribution is 0.0434. The highest BCUT2D eigenvalue weighted by Gasteiger charge is 2.07. The molecule has 4 nitrogen and oxygen atoms in total. The first-order valence-electron chi connectivity index (χ1n) is 7.20. The molecule has 1 fully saturated rings. The molecular formula is C16H23NO3. The van der Waals surface area contributed by atoms with Gasteiger partial charge in [-0.2, -0.15) is 0 Å². The first kappa shape index (κ1) is 14.9. The Morgan fingerprint density at radius 1 is 1.10 bits per heavy atom. The van der Waals surface area contributed by atoms with Gasteiger partial charge in [-0.25, -0.2) is 0 Å². The molecular weight excluding hydrogens is 254 g/mol. The third-order valence-corrected chi connectivity index (χ3v) is 3.12. The summed E-state index contributed by atoms with van der Waals surface area (Å²) in [7, 11) is 0. The monoisotopic (exact) mass is 277 g/mol. The van der Waals surface area contributed by atoms with Gasteiger partial charge in [-0.05, 0) is 19.1 Å². The number of hydrogen-bond donors (Lipinski definition) is 0. The molecule has 0 aromatic heterocycles. The largest absolute Gasteiger partial charge is 0.490 e. The predicted octanol–water partition coefficient (Wildman–Crippen LogP) is 2.35. The Hall–Kier alpha value is -1.52. The summed E-state index contributed by atoms with van der Waals surface area (Å²) in [5, 5.41) is 0. The molecule has 4 heteroatoms. The maximum atomic E-state index is 5.72. The summed E-state index contributed by atoms with van der Waals surface area (Å²) in [6, 6.07) is 7.76. The van der Waals surface area contributed by atoms with Crippen LogP contribution in [0.25, 0.3) is 0 Å². The Labute approximate surface area is 120 Å². The van der Waals surface area contributed by atoms with E-state index in [-0.39, 0.29) is 0 Å². The van der Waals surface area contributed by atoms with Gasteiger partial charge in [-0.15, -0.1) is 0 Å². The van der Waals surface area contributed by atoms with Crippen LogP contribution in [0.5, 0.6) is 11.5 Å². The summed E-state index contributed by atoms with van der Waals surface area (Å²) in [5.41, 5.74) is 0. The lowest BCUT2D eigenvalue weighted by Gasteiger charge is -2.25. The molecule has 1 aliphatic heterocycles. The number of morpholine rings is 1. The number of ether oxygens (including phenoxy) is 3. The fourth-order valence-corrected chi connectivity index (χ4v) is 2.06. The zero-order chi connectivity index (χ0) is 14.0. The molecule has 0 aliphatic carbocycles. The number of para-hydroxylation sites is 2. The fraction of sp³-hybridized carbons (Fsp3) is 0.500. The Bertz CT molecular complexity index is 414. The molecule has 110 valence electrons. The number of hydrogen-bond acceptors (Lipinski definition) is 4. The van der Waals surface area contributed by atoms with Gasteiger partial charge in [-0.1, -0.05) is 24.3 Å². The van der Waals surface area contributed by atoms with Crippen LogP contribution in [0.2, 0.25) is 0 Å². The maximum absolute atomic E-state index is 5.72. The topological polar surface area (TPSA) is 30.9 Å². The van der Waals surface area contributed by atoms with Crippen molar-refractivity contribution in [2.24, 2.45) is 0 Å². The van der Waals surface area contributed by atoms with E-state index >= 15 is 0 Å². The minimum Gasteiger partial charge on any atom is -0.490 e. The number of benzene rings is 1. The summed E-state index contributed by atoms with van der Waals surface area (Å²) in [5.74, 6) is 1.60. The van der Waals surface area contributed by atoms with Crippen molar-refractivity contribution in [3.8, 4) is 11.5 Å². The zero-order valence-corrected chi connectivity index (χ0v) is 12.1. The molecule has 1 aromatic carbocycles. The molecule has 0 unspecified atom stereocenters. The molecule has 0 bridgehead atoms. The second-order valence-corrected chi connectivity index (χ2v) is 4.58. The predicted molar refractivity (Wildman–Crippen MR) is 79.5 cm³/mol. The first-order chi connectivity index (χ1) is 9.90. The Kier molecular flexibility index (Phi) is 6.41. The van der Waals surface area contributed by atoms with E-state index in [9.17, 15) is 0 Å². The molecule has 20 heavy (non-hydrogen) atoms. The van der Waals surface area contributed by atoms with Crippen molar-refractivity contribution in [3.63, 3.8) is 0 Å². The maximum Gasteiger partial charge on any atom is 0.161 e. The highest BCUT2D eigenvalue weighted by Crippen LogP contribution is 2.26. The van der Waals surface area contributed by atoms with Gasteiger partial charge in [0, 0.05) is 19.6 Å². The highest BCUT2D eigenvalue weighted by molar-refractivity contribution is 5.39. The van der Waals surface area contributed by atoms with Crippen molar-refractivity contribution in [1.82, 2.24) is 4.90 Å². The molecule has 0 radical (unpaired) electrons. The molecule has 0 saturated carbocycles. The van der Waals surface area contributed by atoms with Gasteiger partial charge in [0.2, 0.25) is 0 Å². The van der Waals surface area contributed by atoms with Crippen molar-refractivity contribution in [1.29, 1.82) is 0 Å². The van der Waals surface area contributed by atoms with Gasteiger partial charge < -0.3 is 14.2 Å². The summed E-state index contributed by atoms with van der Waals surface area (Å²) in [6.07, 6.45) is 4.20. The lowest BCUT2D eigenvalue weighted by atomic mass is 10.3. The zero-order valence-electron chi connectivity index (χ0n) is 12.1. The summed E-state index contributed by atoms with van der Waals surface area (Å²) in [6.45, 7) is 7.84. The standard InChI is InChI=1S/C16H23NO3/c1-2-19-15-7-3-4-8-16(15)20-12-6-5-9-17-10-13-18-14-11-17/h3-8H,2,9-14H2,1H3/b6-5+. The van der Waals surface area contributed by atoms with E-state index in [2.05, 4.69) is 17.1 Å². The number of rotatable bonds is 7. The van der Waals surface area contributed by atoms with Crippen LogP contribution in [0.4, 0.5) is 0 Å². The second kappa shape index (κ2) is 8.61. The SMILES string of the molecule is CCOc1ccccc1OC/C=C/CN1CCOCC1. The van der Waals surface area contributed by atoms with E-state index < -0.39 is 0 Å². The van der Waals surface area contributed by atoms with Crippen molar-refractivity contribution >= 4 is 0 Å². The molecule has 0 N–H and O–H groups in total. The highest BCUT2D eigenvalue weighted by atomic mass is 16.5. The van der Waals surface area contributed by atoms with Gasteiger partial charge in [0.25, 0.3) is 0 Å². The normalized spacial score (nSPS) is 16.4. The first-order valence-corrected chi connectivity index (χ1v) is 7.20. The van der Waals surface area contributed by atoms with E-state index in [1.54, 1.807) is 0 Å². The Morgan fingerprint density at radius 3 is 2.50 bits per heavy atom. The van der Waals surface area contributed by atoms with Crippen LogP contribution in [0, 0.1) is 0 Å². The molecule has 1 heterocycles. The van der Waals surface area contributed by atoms with Crippen molar-refractivity contribution in [3.05, 3.63) is 36.4 Å². The average Bonchev–Trinajstić information content (AvgIpc) is 2.50. The quantitative estimate of drug-likeness (QED) is 0.716. The third-order valence-electron chi connectivity index (χ3n) is 3.12. The van der Waals surface area contributed by atoms with Gasteiger partial charge in [0.15, 0.2) is 11.5 Å². The molecule has 1 aliphatic rings. The second-order valence-electron chi connectivity index (χ2n) is 4.58. The van der Waals surface area contributed by atoms with Crippen LogP contribution in [0.3, 0.4) is 0 Å². The smallest absolute Gasteiger partial charge is 0.161 e.